The predicted molar refractivity (Wildman–Crippen MR) is 135 cm³/mol. The number of guanidine groups is 1. The molecule has 0 aliphatic rings. The molecule has 0 aliphatic carbocycles. The standard InChI is InChI=1S/C23H32N4O3.HI/c1-6-30-21-13-9-19(10-14-21)17-27(4)23(25-16-22(28)26(2)3)24-15-18-7-11-20(29-5)12-8-18;/h7-14H,6,15-17H2,1-5H3,(H,24,25);1H. The number of aliphatic imine (C=N–C) groups is 1. The van der Waals surface area contributed by atoms with Gasteiger partial charge in [0, 0.05) is 27.7 Å². The number of benzene rings is 2. The minimum absolute atomic E-state index is 0. The summed E-state index contributed by atoms with van der Waals surface area (Å²) in [5.74, 6) is 2.31. The molecule has 31 heavy (non-hydrogen) atoms. The zero-order chi connectivity index (χ0) is 21.9. The number of nitrogens with one attached hydrogen (secondary N) is 1. The van der Waals surface area contributed by atoms with Crippen LogP contribution >= 0.6 is 24.0 Å². The molecule has 0 spiro atoms. The smallest absolute Gasteiger partial charge is 0.241 e. The van der Waals surface area contributed by atoms with Crippen LogP contribution in [0.4, 0.5) is 0 Å². The number of carbonyl (C=O) groups excluding carboxylic acids is 1. The van der Waals surface area contributed by atoms with Gasteiger partial charge in [-0.1, -0.05) is 24.3 Å². The SMILES string of the molecule is CCOc1ccc(CN(C)C(=NCc2ccc(OC)cc2)NCC(=O)N(C)C)cc1.I. The molecule has 2 aromatic carbocycles. The molecule has 8 heteroatoms. The average molecular weight is 540 g/mol. The van der Waals surface area contributed by atoms with E-state index in [4.69, 9.17) is 14.5 Å². The van der Waals surface area contributed by atoms with Crippen molar-refractivity contribution in [2.24, 2.45) is 4.99 Å². The summed E-state index contributed by atoms with van der Waals surface area (Å²) in [6, 6.07) is 15.8. The van der Waals surface area contributed by atoms with Gasteiger partial charge < -0.3 is 24.6 Å². The van der Waals surface area contributed by atoms with Gasteiger partial charge in [0.1, 0.15) is 11.5 Å². The van der Waals surface area contributed by atoms with Crippen LogP contribution in [0.15, 0.2) is 53.5 Å². The van der Waals surface area contributed by atoms with Crippen molar-refractivity contribution in [3.8, 4) is 11.5 Å². The molecule has 0 heterocycles. The highest BCUT2D eigenvalue weighted by molar-refractivity contribution is 14.0. The van der Waals surface area contributed by atoms with Crippen LogP contribution in [0.5, 0.6) is 11.5 Å². The van der Waals surface area contributed by atoms with Crippen molar-refractivity contribution in [1.29, 1.82) is 0 Å². The number of hydrogen-bond donors (Lipinski definition) is 1. The first-order valence-electron chi connectivity index (χ1n) is 9.97. The Morgan fingerprint density at radius 2 is 1.55 bits per heavy atom. The van der Waals surface area contributed by atoms with E-state index < -0.39 is 0 Å². The maximum absolute atomic E-state index is 12.0. The Morgan fingerprint density at radius 3 is 2.10 bits per heavy atom. The van der Waals surface area contributed by atoms with Crippen LogP contribution in [-0.2, 0) is 17.9 Å². The molecule has 2 rings (SSSR count). The van der Waals surface area contributed by atoms with E-state index in [0.29, 0.717) is 25.7 Å². The number of hydrogen-bond acceptors (Lipinski definition) is 4. The molecule has 0 fully saturated rings. The largest absolute Gasteiger partial charge is 0.497 e. The number of ether oxygens (including phenoxy) is 2. The van der Waals surface area contributed by atoms with Gasteiger partial charge in [-0.05, 0) is 42.3 Å². The van der Waals surface area contributed by atoms with Crippen molar-refractivity contribution in [2.45, 2.75) is 20.0 Å². The van der Waals surface area contributed by atoms with Crippen LogP contribution in [-0.4, -0.2) is 63.1 Å². The molecule has 0 radical (unpaired) electrons. The molecule has 1 amide bonds. The Hall–Kier alpha value is -2.49. The Bertz CT molecular complexity index is 824. The second-order valence-corrected chi connectivity index (χ2v) is 7.06. The highest BCUT2D eigenvalue weighted by atomic mass is 127. The van der Waals surface area contributed by atoms with Crippen molar-refractivity contribution < 1.29 is 14.3 Å². The number of methoxy groups -OCH3 is 1. The molecule has 1 N–H and O–H groups in total. The van der Waals surface area contributed by atoms with Crippen molar-refractivity contribution in [3.05, 3.63) is 59.7 Å². The van der Waals surface area contributed by atoms with E-state index in [1.54, 1.807) is 26.1 Å². The fourth-order valence-corrected chi connectivity index (χ4v) is 2.73. The molecule has 0 aliphatic heterocycles. The number of halogens is 1. The molecular weight excluding hydrogens is 507 g/mol. The summed E-state index contributed by atoms with van der Waals surface area (Å²) in [6.45, 7) is 3.94. The molecule has 0 bridgehead atoms. The van der Waals surface area contributed by atoms with E-state index in [-0.39, 0.29) is 36.4 Å². The summed E-state index contributed by atoms with van der Waals surface area (Å²) < 4.78 is 10.7. The first-order valence-corrected chi connectivity index (χ1v) is 9.97. The Morgan fingerprint density at radius 1 is 0.968 bits per heavy atom. The van der Waals surface area contributed by atoms with Gasteiger partial charge in [0.05, 0.1) is 26.8 Å². The zero-order valence-electron chi connectivity index (χ0n) is 18.9. The van der Waals surface area contributed by atoms with Gasteiger partial charge in [0.15, 0.2) is 5.96 Å². The quantitative estimate of drug-likeness (QED) is 0.300. The summed E-state index contributed by atoms with van der Waals surface area (Å²) >= 11 is 0. The number of rotatable bonds is 9. The minimum Gasteiger partial charge on any atom is -0.497 e. The third-order valence-corrected chi connectivity index (χ3v) is 4.48. The molecule has 0 unspecified atom stereocenters. The maximum atomic E-state index is 12.0. The third-order valence-electron chi connectivity index (χ3n) is 4.48. The topological polar surface area (TPSA) is 66.4 Å². The van der Waals surface area contributed by atoms with E-state index in [2.05, 4.69) is 5.32 Å². The van der Waals surface area contributed by atoms with Crippen molar-refractivity contribution in [2.75, 3.05) is 41.4 Å². The molecule has 7 nitrogen and oxygen atoms in total. The van der Waals surface area contributed by atoms with Gasteiger partial charge in [-0.3, -0.25) is 4.79 Å². The van der Waals surface area contributed by atoms with Crippen LogP contribution in [0, 0.1) is 0 Å². The van der Waals surface area contributed by atoms with Crippen molar-refractivity contribution >= 4 is 35.8 Å². The number of likely N-dealkylation sites (N-methyl/N-ethyl adjacent to an activating group) is 1. The molecular formula is C23H33IN4O3. The summed E-state index contributed by atoms with van der Waals surface area (Å²) in [5, 5.41) is 3.18. The van der Waals surface area contributed by atoms with Gasteiger partial charge in [-0.25, -0.2) is 4.99 Å². The fourth-order valence-electron chi connectivity index (χ4n) is 2.73. The second kappa shape index (κ2) is 13.7. The zero-order valence-corrected chi connectivity index (χ0v) is 21.3. The second-order valence-electron chi connectivity index (χ2n) is 7.06. The highest BCUT2D eigenvalue weighted by Crippen LogP contribution is 2.14. The number of amides is 1. The van der Waals surface area contributed by atoms with Gasteiger partial charge in [-0.15, -0.1) is 24.0 Å². The Kier molecular flexibility index (Phi) is 11.8. The molecule has 0 atom stereocenters. The third kappa shape index (κ3) is 9.04. The van der Waals surface area contributed by atoms with Crippen LogP contribution in [0.2, 0.25) is 0 Å². The first-order chi connectivity index (χ1) is 14.4. The lowest BCUT2D eigenvalue weighted by atomic mass is 10.2. The van der Waals surface area contributed by atoms with E-state index in [9.17, 15) is 4.79 Å². The fraction of sp³-hybridized carbons (Fsp3) is 0.391. The van der Waals surface area contributed by atoms with Crippen LogP contribution in [0.3, 0.4) is 0 Å². The lowest BCUT2D eigenvalue weighted by Crippen LogP contribution is -2.43. The molecule has 0 saturated heterocycles. The van der Waals surface area contributed by atoms with E-state index in [1.807, 2.05) is 67.4 Å². The monoisotopic (exact) mass is 540 g/mol. The summed E-state index contributed by atoms with van der Waals surface area (Å²) in [6.07, 6.45) is 0. The first kappa shape index (κ1) is 26.5. The number of nitrogens with zero attached hydrogens (tertiary/aromatic N) is 3. The van der Waals surface area contributed by atoms with Gasteiger partial charge in [-0.2, -0.15) is 0 Å². The van der Waals surface area contributed by atoms with Crippen LogP contribution < -0.4 is 14.8 Å². The molecule has 0 saturated carbocycles. The average Bonchev–Trinajstić information content (AvgIpc) is 2.75. The van der Waals surface area contributed by atoms with Crippen LogP contribution in [0.1, 0.15) is 18.1 Å². The van der Waals surface area contributed by atoms with Crippen molar-refractivity contribution in [1.82, 2.24) is 15.1 Å². The Balaban J connectivity index is 0.00000480. The lowest BCUT2D eigenvalue weighted by Gasteiger charge is -2.23. The van der Waals surface area contributed by atoms with E-state index >= 15 is 0 Å². The lowest BCUT2D eigenvalue weighted by molar-refractivity contribution is -0.127. The summed E-state index contributed by atoms with van der Waals surface area (Å²) in [4.78, 5) is 20.3. The van der Waals surface area contributed by atoms with E-state index in [1.165, 1.54) is 0 Å². The summed E-state index contributed by atoms with van der Waals surface area (Å²) in [7, 11) is 7.08. The molecule has 0 aromatic heterocycles. The maximum Gasteiger partial charge on any atom is 0.241 e. The van der Waals surface area contributed by atoms with Crippen molar-refractivity contribution in [3.63, 3.8) is 0 Å². The predicted octanol–water partition coefficient (Wildman–Crippen LogP) is 3.38. The van der Waals surface area contributed by atoms with Crippen LogP contribution in [0.25, 0.3) is 0 Å². The van der Waals surface area contributed by atoms with Gasteiger partial charge >= 0.3 is 0 Å². The van der Waals surface area contributed by atoms with Gasteiger partial charge in [0.2, 0.25) is 5.91 Å². The molecule has 2 aromatic rings. The summed E-state index contributed by atoms with van der Waals surface area (Å²) in [5.41, 5.74) is 2.18. The highest BCUT2D eigenvalue weighted by Gasteiger charge is 2.11. The minimum atomic E-state index is -0.0124. The van der Waals surface area contributed by atoms with E-state index in [0.717, 1.165) is 22.6 Å². The number of carbonyl (C=O) groups is 1. The Labute approximate surface area is 202 Å². The van der Waals surface area contributed by atoms with Gasteiger partial charge in [0.25, 0.3) is 0 Å². The normalized spacial score (nSPS) is 10.7. The molecule has 170 valence electrons.